The summed E-state index contributed by atoms with van der Waals surface area (Å²) < 4.78 is 44.4. The van der Waals surface area contributed by atoms with Gasteiger partial charge in [-0.3, -0.25) is 14.5 Å². The van der Waals surface area contributed by atoms with Crippen LogP contribution in [0.1, 0.15) is 47.3 Å². The van der Waals surface area contributed by atoms with E-state index >= 15 is 0 Å². The lowest BCUT2D eigenvalue weighted by molar-refractivity contribution is -0.135. The number of carbonyl (C=O) groups is 2. The number of anilines is 1. The molecule has 9 heteroatoms. The van der Waals surface area contributed by atoms with E-state index in [0.29, 0.717) is 68.3 Å². The highest BCUT2D eigenvalue weighted by Gasteiger charge is 2.60. The van der Waals surface area contributed by atoms with Gasteiger partial charge in [-0.2, -0.15) is 0 Å². The molecular formula is C24H33ClF2N4O2. The highest BCUT2D eigenvalue weighted by molar-refractivity contribution is 6.30. The molecule has 2 amide bonds. The fraction of sp³-hybridized carbons (Fsp3) is 0.667. The van der Waals surface area contributed by atoms with Gasteiger partial charge in [0, 0.05) is 71.4 Å². The van der Waals surface area contributed by atoms with Crippen molar-refractivity contribution >= 4 is 29.1 Å². The van der Waals surface area contributed by atoms with Crippen LogP contribution in [0.25, 0.3) is 0 Å². The topological polar surface area (TPSA) is 64.7 Å². The van der Waals surface area contributed by atoms with E-state index in [1.807, 2.05) is 6.92 Å². The average molecular weight is 485 g/mol. The molecule has 0 radical (unpaired) electrons. The number of nitrogens with zero attached hydrogens (tertiary/aromatic N) is 2. The van der Waals surface area contributed by atoms with Gasteiger partial charge in [0.2, 0.25) is 17.7 Å². The lowest BCUT2D eigenvalue weighted by Crippen LogP contribution is -2.51. The highest BCUT2D eigenvalue weighted by atomic mass is 35.5. The van der Waals surface area contributed by atoms with Crippen LogP contribution in [0.15, 0.2) is 18.2 Å². The van der Waals surface area contributed by atoms with Crippen LogP contribution in [-0.4, -0.2) is 66.8 Å². The summed E-state index contributed by atoms with van der Waals surface area (Å²) in [5.41, 5.74) is 0.832. The summed E-state index contributed by atoms with van der Waals surface area (Å²) in [6.45, 7) is 2.04. The number of piperazine rings is 1. The molecule has 6 nitrogen and oxygen atoms in total. The maximum atomic E-state index is 13.4. The molecule has 33 heavy (non-hydrogen) atoms. The molecule has 182 valence electrons. The minimum atomic E-state index is -2.62. The van der Waals surface area contributed by atoms with Gasteiger partial charge in [0.1, 0.15) is 0 Å². The Labute approximate surface area is 201 Å². The van der Waals surface area contributed by atoms with Crippen LogP contribution in [0, 0.1) is 11.3 Å². The molecule has 1 heterocycles. The molecule has 2 saturated carbocycles. The number of carbonyl (C=O) groups excluding carboxylic acids is 2. The van der Waals surface area contributed by atoms with Crippen molar-refractivity contribution in [3.63, 3.8) is 0 Å². The second kappa shape index (κ2) is 9.74. The molecule has 2 aliphatic carbocycles. The fourth-order valence-electron chi connectivity index (χ4n) is 4.97. The van der Waals surface area contributed by atoms with Gasteiger partial charge in [-0.1, -0.05) is 11.6 Å². The van der Waals surface area contributed by atoms with E-state index in [1.54, 1.807) is 28.0 Å². The van der Waals surface area contributed by atoms with Crippen LogP contribution >= 0.6 is 11.6 Å². The lowest BCUT2D eigenvalue weighted by Gasteiger charge is -2.35. The maximum Gasteiger partial charge on any atom is 0.248 e. The first-order valence-electron chi connectivity index (χ1n) is 12.7. The molecular weight excluding hydrogens is 450 g/mol. The average Bonchev–Trinajstić information content (AvgIpc) is 3.55. The van der Waals surface area contributed by atoms with Gasteiger partial charge < -0.3 is 15.5 Å². The van der Waals surface area contributed by atoms with Crippen LogP contribution < -0.4 is 10.6 Å². The van der Waals surface area contributed by atoms with E-state index in [-0.39, 0.29) is 42.5 Å². The molecule has 1 aromatic carbocycles. The zero-order chi connectivity index (χ0) is 25.4. The van der Waals surface area contributed by atoms with Crippen LogP contribution in [0.2, 0.25) is 5.02 Å². The molecule has 3 fully saturated rings. The second-order valence-electron chi connectivity index (χ2n) is 9.39. The molecule has 1 unspecified atom stereocenters. The first-order valence-corrected chi connectivity index (χ1v) is 12.1. The van der Waals surface area contributed by atoms with Crippen LogP contribution in [-0.2, 0) is 16.1 Å². The van der Waals surface area contributed by atoms with Crippen molar-refractivity contribution in [1.82, 2.24) is 15.1 Å². The Morgan fingerprint density at radius 1 is 1.18 bits per heavy atom. The molecule has 1 aromatic rings. The van der Waals surface area contributed by atoms with Gasteiger partial charge in [0.25, 0.3) is 0 Å². The summed E-state index contributed by atoms with van der Waals surface area (Å²) in [6, 6.07) is 5.12. The summed E-state index contributed by atoms with van der Waals surface area (Å²) in [5.74, 6) is -3.35. The van der Waals surface area contributed by atoms with Gasteiger partial charge in [0.05, 0.1) is 6.54 Å². The van der Waals surface area contributed by atoms with Crippen molar-refractivity contribution in [2.75, 3.05) is 44.6 Å². The Morgan fingerprint density at radius 2 is 1.88 bits per heavy atom. The molecule has 3 aliphatic rings. The zero-order valence-corrected chi connectivity index (χ0v) is 19.7. The minimum absolute atomic E-state index is 0.132. The molecule has 2 N–H and O–H groups in total. The SMILES string of the molecule is [2H]C([2H])(c1cc(Cl)ccc1NCC)N1CCN(C(=O)CNC(=O)C2CC23CCC(F)(F)CC3)CC1. The number of amides is 2. The van der Waals surface area contributed by atoms with Crippen LogP contribution in [0.5, 0.6) is 0 Å². The van der Waals surface area contributed by atoms with Crippen molar-refractivity contribution in [2.24, 2.45) is 11.3 Å². The minimum Gasteiger partial charge on any atom is -0.385 e. The summed E-state index contributed by atoms with van der Waals surface area (Å²) in [4.78, 5) is 28.5. The number of hydrogen-bond donors (Lipinski definition) is 2. The van der Waals surface area contributed by atoms with E-state index in [0.717, 1.165) is 0 Å². The van der Waals surface area contributed by atoms with E-state index in [4.69, 9.17) is 14.3 Å². The van der Waals surface area contributed by atoms with Crippen molar-refractivity contribution in [2.45, 2.75) is 51.4 Å². The Bertz CT molecular complexity index is 963. The third-order valence-corrected chi connectivity index (χ3v) is 7.39. The van der Waals surface area contributed by atoms with Gasteiger partial charge >= 0.3 is 0 Å². The number of benzene rings is 1. The van der Waals surface area contributed by atoms with Crippen LogP contribution in [0.3, 0.4) is 0 Å². The number of rotatable bonds is 7. The molecule has 0 aromatic heterocycles. The molecule has 4 rings (SSSR count). The third kappa shape index (κ3) is 5.77. The summed E-state index contributed by atoms with van der Waals surface area (Å²) in [6.07, 6.45) is 1.00. The number of nitrogens with one attached hydrogen (secondary N) is 2. The highest BCUT2D eigenvalue weighted by Crippen LogP contribution is 2.63. The van der Waals surface area contributed by atoms with Crippen molar-refractivity contribution in [1.29, 1.82) is 0 Å². The first kappa shape index (κ1) is 21.6. The van der Waals surface area contributed by atoms with Gasteiger partial charge in [-0.15, -0.1) is 0 Å². The molecule has 1 atom stereocenters. The first-order chi connectivity index (χ1) is 16.5. The van der Waals surface area contributed by atoms with Crippen molar-refractivity contribution in [3.8, 4) is 0 Å². The molecule has 1 aliphatic heterocycles. The maximum absolute atomic E-state index is 13.4. The van der Waals surface area contributed by atoms with E-state index in [1.165, 1.54) is 0 Å². The summed E-state index contributed by atoms with van der Waals surface area (Å²) >= 11 is 6.14. The Morgan fingerprint density at radius 3 is 2.55 bits per heavy atom. The number of alkyl halides is 2. The Kier molecular flexibility index (Phi) is 6.38. The Balaban J connectivity index is 1.26. The molecule has 1 spiro atoms. The lowest BCUT2D eigenvalue weighted by atomic mass is 9.82. The Hall–Kier alpha value is -1.93. The third-order valence-electron chi connectivity index (χ3n) is 7.16. The molecule has 1 saturated heterocycles. The zero-order valence-electron chi connectivity index (χ0n) is 20.9. The smallest absolute Gasteiger partial charge is 0.248 e. The fourth-order valence-corrected chi connectivity index (χ4v) is 5.15. The largest absolute Gasteiger partial charge is 0.385 e. The molecule has 0 bridgehead atoms. The van der Waals surface area contributed by atoms with Gasteiger partial charge in [-0.05, 0) is 55.4 Å². The second-order valence-corrected chi connectivity index (χ2v) is 9.83. The van der Waals surface area contributed by atoms with Gasteiger partial charge in [-0.25, -0.2) is 8.78 Å². The quantitative estimate of drug-likeness (QED) is 0.618. The number of halogens is 3. The normalized spacial score (nSPS) is 25.2. The van der Waals surface area contributed by atoms with Gasteiger partial charge in [0.15, 0.2) is 0 Å². The van der Waals surface area contributed by atoms with E-state index < -0.39 is 12.4 Å². The van der Waals surface area contributed by atoms with E-state index in [2.05, 4.69) is 10.6 Å². The van der Waals surface area contributed by atoms with Crippen molar-refractivity contribution < 1.29 is 21.1 Å². The van der Waals surface area contributed by atoms with Crippen molar-refractivity contribution in [3.05, 3.63) is 28.8 Å². The summed E-state index contributed by atoms with van der Waals surface area (Å²) in [7, 11) is 0. The summed E-state index contributed by atoms with van der Waals surface area (Å²) in [5, 5.41) is 6.33. The van der Waals surface area contributed by atoms with Crippen LogP contribution in [0.4, 0.5) is 14.5 Å². The standard InChI is InChI=1S/C24H33ClF2N4O2/c1-2-28-20-4-3-18(25)13-17(20)16-30-9-11-31(12-10-30)21(32)15-29-22(33)19-14-23(19)5-7-24(26,27)8-6-23/h3-4,13,19,28H,2,5-12,14-16H2,1H3,(H,29,33)/i16D2. The monoisotopic (exact) mass is 484 g/mol. The predicted molar refractivity (Wildman–Crippen MR) is 124 cm³/mol. The predicted octanol–water partition coefficient (Wildman–Crippen LogP) is 3.75. The van der Waals surface area contributed by atoms with E-state index in [9.17, 15) is 18.4 Å². The number of hydrogen-bond acceptors (Lipinski definition) is 4.